The highest BCUT2D eigenvalue weighted by atomic mass is 35.5. The van der Waals surface area contributed by atoms with E-state index < -0.39 is 0 Å². The van der Waals surface area contributed by atoms with E-state index in [1.165, 1.54) is 6.07 Å². The minimum Gasteiger partial charge on any atom is -0.497 e. The van der Waals surface area contributed by atoms with Crippen LogP contribution in [0.2, 0.25) is 0 Å². The Bertz CT molecular complexity index is 785. The molecule has 1 heterocycles. The third-order valence-corrected chi connectivity index (χ3v) is 3.68. The number of hydrogen-bond acceptors (Lipinski definition) is 2. The van der Waals surface area contributed by atoms with Crippen LogP contribution in [0.5, 0.6) is 5.75 Å². The molecule has 0 spiro atoms. The van der Waals surface area contributed by atoms with Crippen LogP contribution < -0.4 is 4.74 Å². The summed E-state index contributed by atoms with van der Waals surface area (Å²) in [4.78, 5) is 4.49. The predicted molar refractivity (Wildman–Crippen MR) is 81.3 cm³/mol. The van der Waals surface area contributed by atoms with Gasteiger partial charge in [-0.25, -0.2) is 9.37 Å². The van der Waals surface area contributed by atoms with Gasteiger partial charge in [-0.15, -0.1) is 11.6 Å². The van der Waals surface area contributed by atoms with Gasteiger partial charge in [-0.2, -0.15) is 0 Å². The van der Waals surface area contributed by atoms with Crippen LogP contribution in [0.1, 0.15) is 11.4 Å². The number of ether oxygens (including phenoxy) is 1. The monoisotopic (exact) mass is 304 g/mol. The highest BCUT2D eigenvalue weighted by Gasteiger charge is 2.12. The number of fused-ring (bicyclic) bond motifs is 1. The highest BCUT2D eigenvalue weighted by Crippen LogP contribution is 2.24. The standard InChI is InChI=1S/C16H14ClFN2O/c1-21-12-6-7-14-15(8-12)20(16(9-17)19-14)10-11-4-2-3-5-13(11)18/h2-8H,9-10H2,1H3. The minimum atomic E-state index is -0.234. The molecule has 0 amide bonds. The first-order valence-electron chi connectivity index (χ1n) is 6.55. The predicted octanol–water partition coefficient (Wildman–Crippen LogP) is 3.97. The molecule has 0 radical (unpaired) electrons. The summed E-state index contributed by atoms with van der Waals surface area (Å²) >= 11 is 5.97. The molecule has 0 saturated heterocycles. The van der Waals surface area contributed by atoms with E-state index in [1.807, 2.05) is 28.8 Å². The zero-order valence-corrected chi connectivity index (χ0v) is 12.3. The second-order valence-corrected chi connectivity index (χ2v) is 4.96. The summed E-state index contributed by atoms with van der Waals surface area (Å²) in [6.07, 6.45) is 0. The summed E-state index contributed by atoms with van der Waals surface area (Å²) in [7, 11) is 1.61. The topological polar surface area (TPSA) is 27.1 Å². The van der Waals surface area contributed by atoms with Gasteiger partial charge in [-0.1, -0.05) is 18.2 Å². The molecule has 0 unspecified atom stereocenters. The van der Waals surface area contributed by atoms with E-state index in [9.17, 15) is 4.39 Å². The van der Waals surface area contributed by atoms with Crippen molar-refractivity contribution in [2.24, 2.45) is 0 Å². The van der Waals surface area contributed by atoms with Crippen molar-refractivity contribution < 1.29 is 9.13 Å². The van der Waals surface area contributed by atoms with Gasteiger partial charge in [0.2, 0.25) is 0 Å². The van der Waals surface area contributed by atoms with Gasteiger partial charge in [0.25, 0.3) is 0 Å². The maximum Gasteiger partial charge on any atom is 0.128 e. The van der Waals surface area contributed by atoms with Gasteiger partial charge in [0.1, 0.15) is 17.4 Å². The summed E-state index contributed by atoms with van der Waals surface area (Å²) in [6.45, 7) is 0.387. The molecule has 3 aromatic rings. The molecule has 3 rings (SSSR count). The average molecular weight is 305 g/mol. The molecule has 0 bridgehead atoms. The second kappa shape index (κ2) is 5.74. The Morgan fingerprint density at radius 1 is 1.24 bits per heavy atom. The zero-order valence-electron chi connectivity index (χ0n) is 11.5. The fourth-order valence-electron chi connectivity index (χ4n) is 2.35. The molecule has 0 N–H and O–H groups in total. The first kappa shape index (κ1) is 13.9. The Kier molecular flexibility index (Phi) is 3.80. The number of hydrogen-bond donors (Lipinski definition) is 0. The molecule has 21 heavy (non-hydrogen) atoms. The van der Waals surface area contributed by atoms with Crippen molar-refractivity contribution in [1.82, 2.24) is 9.55 Å². The molecule has 3 nitrogen and oxygen atoms in total. The maximum absolute atomic E-state index is 13.9. The average Bonchev–Trinajstić information content (AvgIpc) is 2.86. The molecule has 2 aromatic carbocycles. The molecular weight excluding hydrogens is 291 g/mol. The second-order valence-electron chi connectivity index (χ2n) is 4.69. The first-order valence-corrected chi connectivity index (χ1v) is 7.09. The van der Waals surface area contributed by atoms with Crippen LogP contribution >= 0.6 is 11.6 Å². The lowest BCUT2D eigenvalue weighted by Crippen LogP contribution is -2.05. The van der Waals surface area contributed by atoms with Crippen molar-refractivity contribution in [3.8, 4) is 5.75 Å². The molecule has 1 aromatic heterocycles. The summed E-state index contributed by atoms with van der Waals surface area (Å²) < 4.78 is 21.0. The number of aromatic nitrogens is 2. The van der Waals surface area contributed by atoms with E-state index in [2.05, 4.69) is 4.98 Å². The van der Waals surface area contributed by atoms with Crippen molar-refractivity contribution in [3.05, 3.63) is 59.7 Å². The lowest BCUT2D eigenvalue weighted by Gasteiger charge is -2.09. The van der Waals surface area contributed by atoms with Crippen LogP contribution in [-0.4, -0.2) is 16.7 Å². The van der Waals surface area contributed by atoms with Crippen molar-refractivity contribution in [1.29, 1.82) is 0 Å². The molecule has 0 fully saturated rings. The first-order chi connectivity index (χ1) is 10.2. The Morgan fingerprint density at radius 2 is 2.05 bits per heavy atom. The Hall–Kier alpha value is -2.07. The summed E-state index contributed by atoms with van der Waals surface area (Å²) in [6, 6.07) is 12.3. The number of methoxy groups -OCH3 is 1. The number of halogens is 2. The molecular formula is C16H14ClFN2O. The normalized spacial score (nSPS) is 11.0. The van der Waals surface area contributed by atoms with Crippen LogP contribution in [0.15, 0.2) is 42.5 Å². The SMILES string of the molecule is COc1ccc2nc(CCl)n(Cc3ccccc3F)c2c1. The number of alkyl halides is 1. The van der Waals surface area contributed by atoms with Crippen molar-refractivity contribution in [3.63, 3.8) is 0 Å². The Balaban J connectivity index is 2.13. The van der Waals surface area contributed by atoms with E-state index in [-0.39, 0.29) is 11.7 Å². The Labute approximate surface area is 126 Å². The summed E-state index contributed by atoms with van der Waals surface area (Å²) in [5.74, 6) is 1.48. The third kappa shape index (κ3) is 2.59. The Morgan fingerprint density at radius 3 is 2.76 bits per heavy atom. The number of rotatable bonds is 4. The van der Waals surface area contributed by atoms with Gasteiger partial charge >= 0.3 is 0 Å². The van der Waals surface area contributed by atoms with Gasteiger partial charge in [-0.05, 0) is 18.2 Å². The van der Waals surface area contributed by atoms with Gasteiger partial charge in [0.05, 0.1) is 30.6 Å². The van der Waals surface area contributed by atoms with Crippen molar-refractivity contribution in [2.75, 3.05) is 7.11 Å². The maximum atomic E-state index is 13.9. The highest BCUT2D eigenvalue weighted by molar-refractivity contribution is 6.16. The number of benzene rings is 2. The summed E-state index contributed by atoms with van der Waals surface area (Å²) in [5.41, 5.74) is 2.31. The van der Waals surface area contributed by atoms with Crippen LogP contribution in [0, 0.1) is 5.82 Å². The van der Waals surface area contributed by atoms with Crippen LogP contribution in [0.25, 0.3) is 11.0 Å². The molecule has 0 saturated carbocycles. The largest absolute Gasteiger partial charge is 0.497 e. The van der Waals surface area contributed by atoms with Gasteiger partial charge < -0.3 is 9.30 Å². The minimum absolute atomic E-state index is 0.234. The molecule has 0 aliphatic rings. The van der Waals surface area contributed by atoms with E-state index >= 15 is 0 Å². The number of imidazole rings is 1. The van der Waals surface area contributed by atoms with Crippen LogP contribution in [0.4, 0.5) is 4.39 Å². The van der Waals surface area contributed by atoms with Crippen molar-refractivity contribution in [2.45, 2.75) is 12.4 Å². The number of nitrogens with zero attached hydrogens (tertiary/aromatic N) is 2. The van der Waals surface area contributed by atoms with Crippen LogP contribution in [-0.2, 0) is 12.4 Å². The molecule has 0 atom stereocenters. The van der Waals surface area contributed by atoms with E-state index in [0.717, 1.165) is 16.8 Å². The molecule has 0 aliphatic heterocycles. The fourth-order valence-corrected chi connectivity index (χ4v) is 2.56. The quantitative estimate of drug-likeness (QED) is 0.682. The molecule has 5 heteroatoms. The van der Waals surface area contributed by atoms with E-state index in [4.69, 9.17) is 16.3 Å². The fraction of sp³-hybridized carbons (Fsp3) is 0.188. The lowest BCUT2D eigenvalue weighted by atomic mass is 10.2. The van der Waals surface area contributed by atoms with Gasteiger partial charge in [-0.3, -0.25) is 0 Å². The van der Waals surface area contributed by atoms with E-state index in [0.29, 0.717) is 17.9 Å². The zero-order chi connectivity index (χ0) is 14.8. The van der Waals surface area contributed by atoms with E-state index in [1.54, 1.807) is 19.2 Å². The molecule has 0 aliphatic carbocycles. The smallest absolute Gasteiger partial charge is 0.128 e. The summed E-state index contributed by atoms with van der Waals surface area (Å²) in [5, 5.41) is 0. The van der Waals surface area contributed by atoms with Crippen LogP contribution in [0.3, 0.4) is 0 Å². The lowest BCUT2D eigenvalue weighted by molar-refractivity contribution is 0.415. The van der Waals surface area contributed by atoms with Gasteiger partial charge in [0.15, 0.2) is 0 Å². The van der Waals surface area contributed by atoms with Crippen molar-refractivity contribution >= 4 is 22.6 Å². The van der Waals surface area contributed by atoms with Gasteiger partial charge in [0, 0.05) is 11.6 Å². The molecule has 108 valence electrons. The third-order valence-electron chi connectivity index (χ3n) is 3.44.